The molecule has 1 atom stereocenters. The summed E-state index contributed by atoms with van der Waals surface area (Å²) in [5, 5.41) is 2.27. The molecule has 0 amide bonds. The zero-order valence-electron chi connectivity index (χ0n) is 14.9. The van der Waals surface area contributed by atoms with Crippen molar-refractivity contribution < 1.29 is 0 Å². The summed E-state index contributed by atoms with van der Waals surface area (Å²) >= 11 is 7.94. The molecule has 1 aromatic heterocycles. The molecular weight excluding hydrogens is 346 g/mol. The molecule has 0 saturated carbocycles. The monoisotopic (exact) mass is 369 g/mol. The molecule has 0 fully saturated rings. The number of para-hydroxylation sites is 1. The van der Waals surface area contributed by atoms with E-state index < -0.39 is 0 Å². The van der Waals surface area contributed by atoms with Crippen LogP contribution < -0.4 is 0 Å². The Morgan fingerprint density at radius 1 is 1.16 bits per heavy atom. The SMILES string of the molecule is CC[C@H]1CCCc2c1n(Cc1ccc(Cl)cc1)c1c(SC)cccc21. The normalized spacial score (nSPS) is 17.0. The van der Waals surface area contributed by atoms with Gasteiger partial charge in [0.25, 0.3) is 0 Å². The Morgan fingerprint density at radius 2 is 1.96 bits per heavy atom. The molecule has 1 nitrogen and oxygen atoms in total. The number of fused-ring (bicyclic) bond motifs is 3. The van der Waals surface area contributed by atoms with Crippen molar-refractivity contribution in [2.75, 3.05) is 6.26 Å². The Bertz CT molecular complexity index is 895. The lowest BCUT2D eigenvalue weighted by atomic mass is 9.85. The molecule has 3 heteroatoms. The maximum absolute atomic E-state index is 6.09. The van der Waals surface area contributed by atoms with Crippen molar-refractivity contribution in [1.29, 1.82) is 0 Å². The maximum atomic E-state index is 6.09. The number of rotatable bonds is 4. The fourth-order valence-electron chi connectivity index (χ4n) is 4.36. The number of aryl methyl sites for hydroxylation is 1. The maximum Gasteiger partial charge on any atom is 0.0626 e. The molecule has 0 aliphatic heterocycles. The first-order valence-electron chi connectivity index (χ1n) is 9.15. The summed E-state index contributed by atoms with van der Waals surface area (Å²) in [6.45, 7) is 3.26. The third-order valence-corrected chi connectivity index (χ3v) is 6.55. The minimum absolute atomic E-state index is 0.679. The molecule has 0 unspecified atom stereocenters. The zero-order chi connectivity index (χ0) is 17.4. The number of hydrogen-bond acceptors (Lipinski definition) is 1. The van der Waals surface area contributed by atoms with Crippen LogP contribution in [0.4, 0.5) is 0 Å². The lowest BCUT2D eigenvalue weighted by Gasteiger charge is -2.25. The van der Waals surface area contributed by atoms with Gasteiger partial charge in [-0.2, -0.15) is 0 Å². The third-order valence-electron chi connectivity index (χ3n) is 5.53. The quantitative estimate of drug-likeness (QED) is 0.453. The van der Waals surface area contributed by atoms with Gasteiger partial charge in [0.15, 0.2) is 0 Å². The summed E-state index contributed by atoms with van der Waals surface area (Å²) in [7, 11) is 0. The van der Waals surface area contributed by atoms with Gasteiger partial charge in [0.2, 0.25) is 0 Å². The fourth-order valence-corrected chi connectivity index (χ4v) is 5.11. The Balaban J connectivity index is 1.95. The minimum atomic E-state index is 0.679. The Kier molecular flexibility index (Phi) is 4.84. The summed E-state index contributed by atoms with van der Waals surface area (Å²) in [6, 6.07) is 15.1. The number of halogens is 1. The second kappa shape index (κ2) is 7.09. The van der Waals surface area contributed by atoms with E-state index in [2.05, 4.69) is 48.1 Å². The predicted molar refractivity (Wildman–Crippen MR) is 110 cm³/mol. The molecule has 4 rings (SSSR count). The van der Waals surface area contributed by atoms with Gasteiger partial charge in [-0.1, -0.05) is 42.8 Å². The van der Waals surface area contributed by atoms with Crippen molar-refractivity contribution in [3.8, 4) is 0 Å². The van der Waals surface area contributed by atoms with Gasteiger partial charge in [0, 0.05) is 27.5 Å². The average Bonchev–Trinajstić information content (AvgIpc) is 2.98. The third kappa shape index (κ3) is 3.00. The number of aromatic nitrogens is 1. The smallest absolute Gasteiger partial charge is 0.0626 e. The number of hydrogen-bond donors (Lipinski definition) is 0. The molecule has 130 valence electrons. The molecule has 3 aromatic rings. The lowest BCUT2D eigenvalue weighted by molar-refractivity contribution is 0.508. The largest absolute Gasteiger partial charge is 0.339 e. The van der Waals surface area contributed by atoms with Crippen LogP contribution in [0.1, 0.15) is 48.9 Å². The first-order valence-corrected chi connectivity index (χ1v) is 10.8. The first kappa shape index (κ1) is 17.1. The number of nitrogens with zero attached hydrogens (tertiary/aromatic N) is 1. The van der Waals surface area contributed by atoms with E-state index in [1.54, 1.807) is 11.3 Å². The van der Waals surface area contributed by atoms with Crippen LogP contribution in [-0.2, 0) is 13.0 Å². The topological polar surface area (TPSA) is 4.93 Å². The molecule has 0 spiro atoms. The predicted octanol–water partition coefficient (Wildman–Crippen LogP) is 6.89. The van der Waals surface area contributed by atoms with E-state index in [4.69, 9.17) is 11.6 Å². The summed E-state index contributed by atoms with van der Waals surface area (Å²) in [5.41, 5.74) is 5.92. The van der Waals surface area contributed by atoms with Crippen LogP contribution in [0.5, 0.6) is 0 Å². The molecule has 1 aliphatic carbocycles. The van der Waals surface area contributed by atoms with Crippen LogP contribution in [0.25, 0.3) is 10.9 Å². The Hall–Kier alpha value is -1.38. The highest BCUT2D eigenvalue weighted by Gasteiger charge is 2.27. The summed E-state index contributed by atoms with van der Waals surface area (Å²) < 4.78 is 2.60. The molecule has 25 heavy (non-hydrogen) atoms. The number of benzene rings is 2. The van der Waals surface area contributed by atoms with E-state index in [9.17, 15) is 0 Å². The Morgan fingerprint density at radius 3 is 2.68 bits per heavy atom. The molecule has 1 aliphatic rings. The lowest BCUT2D eigenvalue weighted by Crippen LogP contribution is -2.14. The molecular formula is C22H24ClNS. The van der Waals surface area contributed by atoms with Gasteiger partial charge in [-0.05, 0) is 67.2 Å². The summed E-state index contributed by atoms with van der Waals surface area (Å²) in [4.78, 5) is 1.38. The molecule has 0 saturated heterocycles. The summed E-state index contributed by atoms with van der Waals surface area (Å²) in [5.74, 6) is 0.679. The van der Waals surface area contributed by atoms with E-state index in [0.717, 1.165) is 11.6 Å². The van der Waals surface area contributed by atoms with Crippen LogP contribution in [0, 0.1) is 0 Å². The van der Waals surface area contributed by atoms with Gasteiger partial charge < -0.3 is 4.57 Å². The Labute approximate surface area is 159 Å². The van der Waals surface area contributed by atoms with Crippen LogP contribution >= 0.6 is 23.4 Å². The zero-order valence-corrected chi connectivity index (χ0v) is 16.5. The minimum Gasteiger partial charge on any atom is -0.339 e. The highest BCUT2D eigenvalue weighted by atomic mass is 35.5. The molecule has 1 heterocycles. The van der Waals surface area contributed by atoms with Gasteiger partial charge in [-0.3, -0.25) is 0 Å². The van der Waals surface area contributed by atoms with Crippen molar-refractivity contribution >= 4 is 34.3 Å². The molecule has 0 radical (unpaired) electrons. The molecule has 0 bridgehead atoms. The van der Waals surface area contributed by atoms with Gasteiger partial charge in [0.05, 0.1) is 5.52 Å². The fraction of sp³-hybridized carbons (Fsp3) is 0.364. The number of thioether (sulfide) groups is 1. The van der Waals surface area contributed by atoms with Gasteiger partial charge in [-0.15, -0.1) is 11.8 Å². The highest BCUT2D eigenvalue weighted by molar-refractivity contribution is 7.98. The van der Waals surface area contributed by atoms with E-state index >= 15 is 0 Å². The van der Waals surface area contributed by atoms with Crippen LogP contribution in [-0.4, -0.2) is 10.8 Å². The van der Waals surface area contributed by atoms with Crippen molar-refractivity contribution in [2.45, 2.75) is 50.0 Å². The second-order valence-corrected chi connectivity index (χ2v) is 8.21. The van der Waals surface area contributed by atoms with Crippen molar-refractivity contribution in [2.24, 2.45) is 0 Å². The van der Waals surface area contributed by atoms with E-state index in [-0.39, 0.29) is 0 Å². The van der Waals surface area contributed by atoms with Crippen LogP contribution in [0.3, 0.4) is 0 Å². The van der Waals surface area contributed by atoms with E-state index in [0.29, 0.717) is 5.92 Å². The van der Waals surface area contributed by atoms with Crippen molar-refractivity contribution in [3.05, 3.63) is 64.3 Å². The van der Waals surface area contributed by atoms with Gasteiger partial charge in [0.1, 0.15) is 0 Å². The van der Waals surface area contributed by atoms with E-state index in [1.807, 2.05) is 23.9 Å². The average molecular weight is 370 g/mol. The van der Waals surface area contributed by atoms with Crippen LogP contribution in [0.15, 0.2) is 47.4 Å². The standard InChI is InChI=1S/C22H24ClNS/c1-3-16-6-4-7-18-19-8-5-9-20(25-2)22(19)24(21(16)18)14-15-10-12-17(23)13-11-15/h5,8-13,16H,3-4,6-7,14H2,1-2H3/t16-/m0/s1. The van der Waals surface area contributed by atoms with Gasteiger partial charge >= 0.3 is 0 Å². The molecule has 0 N–H and O–H groups in total. The molecule has 2 aromatic carbocycles. The van der Waals surface area contributed by atoms with Crippen LogP contribution in [0.2, 0.25) is 5.02 Å². The highest BCUT2D eigenvalue weighted by Crippen LogP contribution is 2.42. The second-order valence-electron chi connectivity index (χ2n) is 6.93. The van der Waals surface area contributed by atoms with E-state index in [1.165, 1.54) is 47.0 Å². The van der Waals surface area contributed by atoms with Gasteiger partial charge in [-0.25, -0.2) is 0 Å². The van der Waals surface area contributed by atoms with Crippen molar-refractivity contribution in [1.82, 2.24) is 4.57 Å². The van der Waals surface area contributed by atoms with Crippen molar-refractivity contribution in [3.63, 3.8) is 0 Å². The summed E-state index contributed by atoms with van der Waals surface area (Å²) in [6.07, 6.45) is 7.25. The first-order chi connectivity index (χ1) is 12.2.